The molecule has 0 amide bonds. The highest BCUT2D eigenvalue weighted by Crippen LogP contribution is 2.40. The minimum atomic E-state index is -4.11. The molecule has 2 N–H and O–H groups in total. The quantitative estimate of drug-likeness (QED) is 0.674. The molecule has 0 unspecified atom stereocenters. The highest BCUT2D eigenvalue weighted by Gasteiger charge is 2.40. The monoisotopic (exact) mass is 400 g/mol. The van der Waals surface area contributed by atoms with E-state index >= 15 is 0 Å². The molecule has 8 heteroatoms. The summed E-state index contributed by atoms with van der Waals surface area (Å²) in [5, 5.41) is 12.3. The minimum absolute atomic E-state index is 0.0888. The molecule has 28 heavy (non-hydrogen) atoms. The molecule has 0 saturated heterocycles. The number of methoxy groups -OCH3 is 1. The molecular formula is C20H27F3N2O3. The molecule has 0 aromatic carbocycles. The lowest BCUT2D eigenvalue weighted by Gasteiger charge is -2.28. The first-order chi connectivity index (χ1) is 13.0. The van der Waals surface area contributed by atoms with Crippen LogP contribution in [-0.4, -0.2) is 35.9 Å². The number of pyridine rings is 1. The maximum Gasteiger partial charge on any atom is 0.391 e. The third-order valence-electron chi connectivity index (χ3n) is 5.17. The summed E-state index contributed by atoms with van der Waals surface area (Å²) in [5.41, 5.74) is 0.404. The Balaban J connectivity index is 2.04. The number of nitrogens with one attached hydrogen (secondary N) is 1. The fraction of sp³-hybridized carbons (Fsp3) is 0.600. The number of hydrogen-bond acceptors (Lipinski definition) is 4. The molecule has 0 aliphatic heterocycles. The van der Waals surface area contributed by atoms with Crippen molar-refractivity contribution in [3.63, 3.8) is 0 Å². The van der Waals surface area contributed by atoms with Crippen LogP contribution in [-0.2, 0) is 4.79 Å². The molecule has 0 radical (unpaired) electrons. The Labute approximate surface area is 163 Å². The van der Waals surface area contributed by atoms with E-state index in [-0.39, 0.29) is 25.3 Å². The first-order valence-corrected chi connectivity index (χ1v) is 9.29. The molecule has 1 aromatic rings. The van der Waals surface area contributed by atoms with Crippen LogP contribution in [0.5, 0.6) is 5.88 Å². The van der Waals surface area contributed by atoms with Crippen LogP contribution in [0.15, 0.2) is 18.3 Å². The first kappa shape index (κ1) is 22.0. The van der Waals surface area contributed by atoms with Crippen LogP contribution in [0, 0.1) is 17.3 Å². The molecular weight excluding hydrogens is 373 g/mol. The number of aromatic nitrogens is 1. The maximum absolute atomic E-state index is 12.8. The van der Waals surface area contributed by atoms with E-state index in [0.717, 1.165) is 0 Å². The van der Waals surface area contributed by atoms with Gasteiger partial charge in [-0.3, -0.25) is 4.79 Å². The van der Waals surface area contributed by atoms with Gasteiger partial charge in [0.2, 0.25) is 5.88 Å². The van der Waals surface area contributed by atoms with Crippen molar-refractivity contribution in [2.75, 3.05) is 19.0 Å². The van der Waals surface area contributed by atoms with Gasteiger partial charge in [0.25, 0.3) is 0 Å². The van der Waals surface area contributed by atoms with Gasteiger partial charge in [-0.25, -0.2) is 4.98 Å². The lowest BCUT2D eigenvalue weighted by Crippen LogP contribution is -2.31. The Morgan fingerprint density at radius 3 is 2.50 bits per heavy atom. The number of hydrogen-bond donors (Lipinski definition) is 2. The number of ether oxygens (including phenoxy) is 1. The topological polar surface area (TPSA) is 71.5 Å². The van der Waals surface area contributed by atoms with E-state index in [1.54, 1.807) is 26.1 Å². The number of aliphatic carboxylic acids is 1. The number of nitrogens with zero attached hydrogens (tertiary/aromatic N) is 1. The Morgan fingerprint density at radius 1 is 1.32 bits per heavy atom. The average Bonchev–Trinajstić information content (AvgIpc) is 2.64. The number of alkyl halides is 3. The van der Waals surface area contributed by atoms with Crippen molar-refractivity contribution in [3.05, 3.63) is 23.9 Å². The van der Waals surface area contributed by atoms with Crippen molar-refractivity contribution < 1.29 is 27.8 Å². The summed E-state index contributed by atoms with van der Waals surface area (Å²) >= 11 is 0. The highest BCUT2D eigenvalue weighted by molar-refractivity contribution is 5.74. The van der Waals surface area contributed by atoms with Gasteiger partial charge in [-0.1, -0.05) is 12.2 Å². The molecule has 0 spiro atoms. The van der Waals surface area contributed by atoms with Gasteiger partial charge in [0, 0.05) is 12.1 Å². The second-order valence-corrected chi connectivity index (χ2v) is 7.88. The first-order valence-electron chi connectivity index (χ1n) is 9.29. The summed E-state index contributed by atoms with van der Waals surface area (Å²) < 4.78 is 43.6. The van der Waals surface area contributed by atoms with Gasteiger partial charge < -0.3 is 15.2 Å². The predicted molar refractivity (Wildman–Crippen MR) is 101 cm³/mol. The Morgan fingerprint density at radius 2 is 1.96 bits per heavy atom. The van der Waals surface area contributed by atoms with Crippen molar-refractivity contribution in [1.82, 2.24) is 4.98 Å². The molecule has 1 aliphatic rings. The van der Waals surface area contributed by atoms with Crippen molar-refractivity contribution in [2.24, 2.45) is 17.3 Å². The molecule has 1 aromatic heterocycles. The number of halogens is 3. The van der Waals surface area contributed by atoms with Crippen LogP contribution in [0.1, 0.15) is 45.1 Å². The molecule has 156 valence electrons. The van der Waals surface area contributed by atoms with Crippen LogP contribution in [0.25, 0.3) is 6.08 Å². The second-order valence-electron chi connectivity index (χ2n) is 7.88. The maximum atomic E-state index is 12.8. The van der Waals surface area contributed by atoms with Gasteiger partial charge in [-0.05, 0) is 51.5 Å². The summed E-state index contributed by atoms with van der Waals surface area (Å²) in [7, 11) is 1.49. The molecule has 1 fully saturated rings. The highest BCUT2D eigenvalue weighted by atomic mass is 19.4. The van der Waals surface area contributed by atoms with Crippen molar-refractivity contribution in [1.29, 1.82) is 0 Å². The van der Waals surface area contributed by atoms with Gasteiger partial charge in [0.1, 0.15) is 0 Å². The number of carboxylic acids is 1. The summed E-state index contributed by atoms with van der Waals surface area (Å²) in [5.74, 6) is -1.61. The summed E-state index contributed by atoms with van der Waals surface area (Å²) in [6.45, 7) is 3.47. The van der Waals surface area contributed by atoms with Crippen molar-refractivity contribution >= 4 is 17.7 Å². The number of anilines is 1. The molecule has 5 nitrogen and oxygen atoms in total. The molecule has 1 heterocycles. The Kier molecular flexibility index (Phi) is 6.96. The average molecular weight is 400 g/mol. The number of allylic oxidation sites excluding steroid dienone is 1. The zero-order chi connectivity index (χ0) is 20.9. The fourth-order valence-electron chi connectivity index (χ4n) is 3.13. The van der Waals surface area contributed by atoms with Crippen molar-refractivity contribution in [3.8, 4) is 5.88 Å². The van der Waals surface area contributed by atoms with Crippen molar-refractivity contribution in [2.45, 2.75) is 45.7 Å². The van der Waals surface area contributed by atoms with E-state index in [9.17, 15) is 23.1 Å². The van der Waals surface area contributed by atoms with E-state index < -0.39 is 23.5 Å². The number of carbonyl (C=O) groups is 1. The summed E-state index contributed by atoms with van der Waals surface area (Å²) in [4.78, 5) is 15.4. The van der Waals surface area contributed by atoms with Gasteiger partial charge in [-0.15, -0.1) is 0 Å². The van der Waals surface area contributed by atoms with E-state index in [0.29, 0.717) is 30.0 Å². The zero-order valence-electron chi connectivity index (χ0n) is 16.3. The molecule has 1 aliphatic carbocycles. The van der Waals surface area contributed by atoms with E-state index in [1.165, 1.54) is 7.11 Å². The number of carboxylic acid groups (broad SMARTS) is 1. The molecule has 1 saturated carbocycles. The van der Waals surface area contributed by atoms with E-state index in [4.69, 9.17) is 4.74 Å². The van der Waals surface area contributed by atoms with Gasteiger partial charge in [-0.2, -0.15) is 13.2 Å². The van der Waals surface area contributed by atoms with Gasteiger partial charge in [0.15, 0.2) is 0 Å². The van der Waals surface area contributed by atoms with Crippen LogP contribution in [0.4, 0.5) is 18.9 Å². The van der Waals surface area contributed by atoms with Gasteiger partial charge in [0.05, 0.1) is 30.3 Å². The predicted octanol–water partition coefficient (Wildman–Crippen LogP) is 4.99. The van der Waals surface area contributed by atoms with Crippen LogP contribution < -0.4 is 10.1 Å². The summed E-state index contributed by atoms with van der Waals surface area (Å²) in [6, 6.07) is 1.79. The third kappa shape index (κ3) is 5.87. The Hall–Kier alpha value is -2.25. The van der Waals surface area contributed by atoms with Crippen LogP contribution in [0.2, 0.25) is 0 Å². The fourth-order valence-corrected chi connectivity index (χ4v) is 3.13. The molecule has 2 rings (SSSR count). The second kappa shape index (κ2) is 8.84. The molecule has 0 atom stereocenters. The summed E-state index contributed by atoms with van der Waals surface area (Å²) in [6.07, 6.45) is 2.49. The number of rotatable bonds is 7. The Bertz CT molecular complexity index is 709. The minimum Gasteiger partial charge on any atom is -0.481 e. The standard InChI is InChI=1S/C20H27F3N2O3/c1-19(2,18(26)27)12-25-16-10-14(17(28-3)24-11-16)7-4-13-5-8-15(9-6-13)20(21,22)23/h4,7,10-11,13,15,25H,5-6,8-9,12H2,1-3H3,(H,26,27)/b7-4+. The van der Waals surface area contributed by atoms with E-state index in [1.807, 2.05) is 12.2 Å². The third-order valence-corrected chi connectivity index (χ3v) is 5.17. The zero-order valence-corrected chi connectivity index (χ0v) is 16.3. The lowest BCUT2D eigenvalue weighted by molar-refractivity contribution is -0.183. The lowest BCUT2D eigenvalue weighted by atomic mass is 9.81. The van der Waals surface area contributed by atoms with Crippen LogP contribution >= 0.6 is 0 Å². The molecule has 0 bridgehead atoms. The van der Waals surface area contributed by atoms with Gasteiger partial charge >= 0.3 is 12.1 Å². The largest absolute Gasteiger partial charge is 0.481 e. The SMILES string of the molecule is COc1ncc(NCC(C)(C)C(=O)O)cc1/C=C/C1CCC(C(F)(F)F)CC1. The van der Waals surface area contributed by atoms with E-state index in [2.05, 4.69) is 10.3 Å². The van der Waals surface area contributed by atoms with Crippen LogP contribution in [0.3, 0.4) is 0 Å². The smallest absolute Gasteiger partial charge is 0.391 e. The normalized spacial score (nSPS) is 20.9.